The van der Waals surface area contributed by atoms with Gasteiger partial charge < -0.3 is 0 Å². The van der Waals surface area contributed by atoms with E-state index in [-0.39, 0.29) is 35.5 Å². The number of aromatic nitrogens is 2. The molecule has 1 aromatic carbocycles. The summed E-state index contributed by atoms with van der Waals surface area (Å²) in [6, 6.07) is 3.93. The SMILES string of the molecule is NNC(=O)CCCn1cnc2ccc([N+](=O)[O-])cc2c1=O. The Kier molecular flexibility index (Phi) is 4.24. The number of hydrogen-bond acceptors (Lipinski definition) is 6. The molecule has 2 rings (SSSR count). The third-order valence-corrected chi connectivity index (χ3v) is 2.98. The summed E-state index contributed by atoms with van der Waals surface area (Å²) in [6.45, 7) is 0.276. The van der Waals surface area contributed by atoms with Gasteiger partial charge in [0.05, 0.1) is 22.2 Å². The van der Waals surface area contributed by atoms with Gasteiger partial charge in [0.15, 0.2) is 0 Å². The second-order valence-electron chi connectivity index (χ2n) is 4.37. The Balaban J connectivity index is 2.29. The molecule has 0 fully saturated rings. The van der Waals surface area contributed by atoms with Crippen LogP contribution in [0.4, 0.5) is 5.69 Å². The van der Waals surface area contributed by atoms with Gasteiger partial charge in [-0.2, -0.15) is 0 Å². The first-order valence-electron chi connectivity index (χ1n) is 6.16. The summed E-state index contributed by atoms with van der Waals surface area (Å²) in [7, 11) is 0. The molecule has 1 heterocycles. The van der Waals surface area contributed by atoms with Gasteiger partial charge in [-0.05, 0) is 12.5 Å². The molecule has 0 bridgehead atoms. The van der Waals surface area contributed by atoms with E-state index in [0.29, 0.717) is 11.9 Å². The van der Waals surface area contributed by atoms with Crippen molar-refractivity contribution in [1.29, 1.82) is 0 Å². The number of carbonyl (C=O) groups excluding carboxylic acids is 1. The van der Waals surface area contributed by atoms with Crippen molar-refractivity contribution >= 4 is 22.5 Å². The fourth-order valence-electron chi connectivity index (χ4n) is 1.90. The Morgan fingerprint density at radius 1 is 1.48 bits per heavy atom. The molecule has 21 heavy (non-hydrogen) atoms. The minimum absolute atomic E-state index is 0.165. The second kappa shape index (κ2) is 6.09. The maximum atomic E-state index is 12.2. The molecule has 110 valence electrons. The largest absolute Gasteiger partial charge is 0.299 e. The summed E-state index contributed by atoms with van der Waals surface area (Å²) >= 11 is 0. The second-order valence-corrected chi connectivity index (χ2v) is 4.37. The van der Waals surface area contributed by atoms with Crippen molar-refractivity contribution in [2.75, 3.05) is 0 Å². The van der Waals surface area contributed by atoms with Crippen LogP contribution in [0.25, 0.3) is 10.9 Å². The molecule has 9 nitrogen and oxygen atoms in total. The third kappa shape index (κ3) is 3.20. The average Bonchev–Trinajstić information content (AvgIpc) is 2.49. The smallest absolute Gasteiger partial charge is 0.270 e. The van der Waals surface area contributed by atoms with Gasteiger partial charge >= 0.3 is 0 Å². The predicted octanol–water partition coefficient (Wildman–Crippen LogP) is 0.0748. The van der Waals surface area contributed by atoms with Crippen LogP contribution in [0.2, 0.25) is 0 Å². The van der Waals surface area contributed by atoms with Crippen molar-refractivity contribution in [1.82, 2.24) is 15.0 Å². The van der Waals surface area contributed by atoms with Gasteiger partial charge in [0.25, 0.3) is 11.2 Å². The summed E-state index contributed by atoms with van der Waals surface area (Å²) in [4.78, 5) is 37.5. The molecule has 0 radical (unpaired) electrons. The van der Waals surface area contributed by atoms with Crippen LogP contribution in [0.5, 0.6) is 0 Å². The number of nitro benzene ring substituents is 1. The number of nitrogens with zero attached hydrogens (tertiary/aromatic N) is 3. The summed E-state index contributed by atoms with van der Waals surface area (Å²) in [5.41, 5.74) is 1.85. The van der Waals surface area contributed by atoms with Crippen LogP contribution >= 0.6 is 0 Å². The summed E-state index contributed by atoms with van der Waals surface area (Å²) in [6.07, 6.45) is 1.94. The predicted molar refractivity (Wildman–Crippen MR) is 74.2 cm³/mol. The van der Waals surface area contributed by atoms with Crippen LogP contribution in [0.1, 0.15) is 12.8 Å². The fraction of sp³-hybridized carbons (Fsp3) is 0.250. The Morgan fingerprint density at radius 3 is 2.90 bits per heavy atom. The zero-order chi connectivity index (χ0) is 15.4. The standard InChI is InChI=1S/C12H13N5O4/c13-15-11(18)2-1-5-16-7-14-10-4-3-8(17(20)21)6-9(10)12(16)19/h3-4,6-7H,1-2,5,13H2,(H,15,18). The summed E-state index contributed by atoms with van der Waals surface area (Å²) in [5.74, 6) is 4.63. The van der Waals surface area contributed by atoms with Gasteiger partial charge in [-0.15, -0.1) is 0 Å². The van der Waals surface area contributed by atoms with Crippen molar-refractivity contribution in [3.05, 3.63) is 45.0 Å². The normalized spacial score (nSPS) is 10.5. The van der Waals surface area contributed by atoms with Crippen molar-refractivity contribution in [2.45, 2.75) is 19.4 Å². The highest BCUT2D eigenvalue weighted by atomic mass is 16.6. The van der Waals surface area contributed by atoms with Crippen LogP contribution in [0.15, 0.2) is 29.3 Å². The zero-order valence-corrected chi connectivity index (χ0v) is 11.0. The van der Waals surface area contributed by atoms with E-state index >= 15 is 0 Å². The van der Waals surface area contributed by atoms with E-state index in [0.717, 1.165) is 0 Å². The molecule has 0 saturated heterocycles. The lowest BCUT2D eigenvalue weighted by Gasteiger charge is -2.06. The number of nitro groups is 1. The number of rotatable bonds is 5. The molecule has 9 heteroatoms. The van der Waals surface area contributed by atoms with Crippen LogP contribution < -0.4 is 16.8 Å². The molecule has 1 amide bonds. The number of aryl methyl sites for hydroxylation is 1. The van der Waals surface area contributed by atoms with Crippen LogP contribution in [-0.4, -0.2) is 20.4 Å². The Hall–Kier alpha value is -2.81. The maximum Gasteiger partial charge on any atom is 0.270 e. The molecular weight excluding hydrogens is 278 g/mol. The Morgan fingerprint density at radius 2 is 2.24 bits per heavy atom. The molecule has 0 unspecified atom stereocenters. The highest BCUT2D eigenvalue weighted by Gasteiger charge is 2.11. The quantitative estimate of drug-likeness (QED) is 0.347. The maximum absolute atomic E-state index is 12.2. The van der Waals surface area contributed by atoms with Crippen LogP contribution in [0, 0.1) is 10.1 Å². The van der Waals surface area contributed by atoms with Crippen molar-refractivity contribution in [2.24, 2.45) is 5.84 Å². The van der Waals surface area contributed by atoms with Crippen molar-refractivity contribution in [3.63, 3.8) is 0 Å². The van der Waals surface area contributed by atoms with Crippen LogP contribution in [-0.2, 0) is 11.3 Å². The van der Waals surface area contributed by atoms with Gasteiger partial charge in [-0.25, -0.2) is 10.8 Å². The highest BCUT2D eigenvalue weighted by molar-refractivity contribution is 5.79. The van der Waals surface area contributed by atoms with Crippen LogP contribution in [0.3, 0.4) is 0 Å². The summed E-state index contributed by atoms with van der Waals surface area (Å²) in [5, 5.41) is 10.9. The molecular formula is C12H13N5O4. The molecule has 0 aliphatic heterocycles. The lowest BCUT2D eigenvalue weighted by molar-refractivity contribution is -0.384. The average molecular weight is 291 g/mol. The number of carbonyl (C=O) groups is 1. The van der Waals surface area contributed by atoms with E-state index in [1.165, 1.54) is 29.1 Å². The fourth-order valence-corrected chi connectivity index (χ4v) is 1.90. The van der Waals surface area contributed by atoms with Gasteiger partial charge in [-0.1, -0.05) is 0 Å². The topological polar surface area (TPSA) is 133 Å². The van der Waals surface area contributed by atoms with Gasteiger partial charge in [0.2, 0.25) is 5.91 Å². The van der Waals surface area contributed by atoms with Crippen molar-refractivity contribution < 1.29 is 9.72 Å². The Bertz CT molecular complexity index is 755. The first kappa shape index (κ1) is 14.6. The van der Waals surface area contributed by atoms with Gasteiger partial charge in [0.1, 0.15) is 0 Å². The van der Waals surface area contributed by atoms with Gasteiger partial charge in [-0.3, -0.25) is 29.7 Å². The van der Waals surface area contributed by atoms with E-state index in [2.05, 4.69) is 4.98 Å². The van der Waals surface area contributed by atoms with Gasteiger partial charge in [0, 0.05) is 25.1 Å². The molecule has 0 aliphatic carbocycles. The lowest BCUT2D eigenvalue weighted by atomic mass is 10.2. The van der Waals surface area contributed by atoms with E-state index in [1.54, 1.807) is 0 Å². The van der Waals surface area contributed by atoms with E-state index in [1.807, 2.05) is 5.43 Å². The minimum Gasteiger partial charge on any atom is -0.299 e. The molecule has 2 aromatic rings. The number of hydrogen-bond donors (Lipinski definition) is 2. The Labute approximate surface area is 118 Å². The zero-order valence-electron chi connectivity index (χ0n) is 11.0. The first-order chi connectivity index (χ1) is 10.0. The molecule has 0 atom stereocenters. The summed E-state index contributed by atoms with van der Waals surface area (Å²) < 4.78 is 1.32. The molecule has 0 aliphatic rings. The van der Waals surface area contributed by atoms with E-state index < -0.39 is 4.92 Å². The minimum atomic E-state index is -0.568. The number of benzene rings is 1. The first-order valence-corrected chi connectivity index (χ1v) is 6.16. The molecule has 0 spiro atoms. The highest BCUT2D eigenvalue weighted by Crippen LogP contribution is 2.16. The molecule has 1 aromatic heterocycles. The third-order valence-electron chi connectivity index (χ3n) is 2.98. The van der Waals surface area contributed by atoms with E-state index in [9.17, 15) is 19.7 Å². The lowest BCUT2D eigenvalue weighted by Crippen LogP contribution is -2.30. The number of nitrogens with two attached hydrogens (primary N) is 1. The molecule has 3 N–H and O–H groups in total. The number of non-ortho nitro benzene ring substituents is 1. The molecule has 0 saturated carbocycles. The number of amides is 1. The monoisotopic (exact) mass is 291 g/mol. The number of nitrogens with one attached hydrogen (secondary N) is 1. The number of fused-ring (bicyclic) bond motifs is 1. The van der Waals surface area contributed by atoms with Crippen molar-refractivity contribution in [3.8, 4) is 0 Å². The van der Waals surface area contributed by atoms with E-state index in [4.69, 9.17) is 5.84 Å². The number of hydrazine groups is 1.